The molecule has 0 bridgehead atoms. The van der Waals surface area contributed by atoms with Crippen LogP contribution in [-0.4, -0.2) is 65.4 Å². The average Bonchev–Trinajstić information content (AvgIpc) is 3.46. The van der Waals surface area contributed by atoms with Crippen LogP contribution in [0.3, 0.4) is 0 Å². The smallest absolute Gasteiger partial charge is 0.143 e. The van der Waals surface area contributed by atoms with E-state index in [0.717, 1.165) is 61.1 Å². The van der Waals surface area contributed by atoms with Gasteiger partial charge in [-0.3, -0.25) is 4.99 Å². The van der Waals surface area contributed by atoms with E-state index in [0.29, 0.717) is 18.9 Å². The van der Waals surface area contributed by atoms with E-state index in [4.69, 9.17) is 14.5 Å². The number of piperidine rings is 1. The molecule has 4 aliphatic rings. The third-order valence-electron chi connectivity index (χ3n) is 9.32. The molecule has 3 fully saturated rings. The monoisotopic (exact) mass is 516 g/mol. The van der Waals surface area contributed by atoms with E-state index < -0.39 is 5.54 Å². The van der Waals surface area contributed by atoms with E-state index >= 15 is 0 Å². The highest BCUT2D eigenvalue weighted by molar-refractivity contribution is 5.95. The van der Waals surface area contributed by atoms with E-state index in [-0.39, 0.29) is 23.3 Å². The molecule has 2 saturated heterocycles. The Labute approximate surface area is 221 Å². The lowest BCUT2D eigenvalue weighted by Gasteiger charge is -2.59. The van der Waals surface area contributed by atoms with Crippen LogP contribution in [0, 0.1) is 23.6 Å². The average molecular weight is 517 g/mol. The molecule has 38 heavy (non-hydrogen) atoms. The number of nitrogens with zero attached hydrogens (tertiary/aromatic N) is 4. The lowest BCUT2D eigenvalue weighted by Crippen LogP contribution is -2.67. The van der Waals surface area contributed by atoms with Crippen molar-refractivity contribution in [3.63, 3.8) is 0 Å². The molecule has 1 saturated carbocycles. The number of hydrogen-bond acceptors (Lipinski definition) is 6. The van der Waals surface area contributed by atoms with Gasteiger partial charge in [-0.05, 0) is 67.5 Å². The van der Waals surface area contributed by atoms with Crippen LogP contribution in [0.15, 0.2) is 60.0 Å². The van der Waals surface area contributed by atoms with Crippen LogP contribution < -0.4 is 4.74 Å². The summed E-state index contributed by atoms with van der Waals surface area (Å²) in [4.78, 5) is 11.9. The number of halogens is 1. The summed E-state index contributed by atoms with van der Waals surface area (Å²) in [5, 5.41) is 10.9. The van der Waals surface area contributed by atoms with Crippen molar-refractivity contribution in [2.45, 2.75) is 37.6 Å². The molecule has 3 aliphatic heterocycles. The number of hydrogen-bond donors (Lipinski definition) is 1. The summed E-state index contributed by atoms with van der Waals surface area (Å²) < 4.78 is 27.4. The third kappa shape index (κ3) is 3.39. The SMILES string of the molecule is COc1cc(C2CC23CC2(COC2)CN2C3=NCCC2(CO)c2ccc(F)cc2)ccc1-n1cnc(C)c1. The summed E-state index contributed by atoms with van der Waals surface area (Å²) in [7, 11) is 1.71. The predicted molar refractivity (Wildman–Crippen MR) is 141 cm³/mol. The molecule has 0 amide bonds. The number of benzene rings is 2. The van der Waals surface area contributed by atoms with Gasteiger partial charge >= 0.3 is 0 Å². The van der Waals surface area contributed by atoms with Crippen LogP contribution in [0.2, 0.25) is 0 Å². The molecule has 0 radical (unpaired) electrons. The fourth-order valence-corrected chi connectivity index (χ4v) is 7.32. The summed E-state index contributed by atoms with van der Waals surface area (Å²) in [5.41, 5.74) is 3.41. The predicted octanol–water partition coefficient (Wildman–Crippen LogP) is 4.21. The van der Waals surface area contributed by atoms with Gasteiger partial charge in [0.05, 0.1) is 50.2 Å². The minimum absolute atomic E-state index is 0.0317. The van der Waals surface area contributed by atoms with Gasteiger partial charge in [0.15, 0.2) is 0 Å². The molecule has 1 N–H and O–H groups in total. The summed E-state index contributed by atoms with van der Waals surface area (Å²) in [6.07, 6.45) is 6.53. The molecule has 198 valence electrons. The summed E-state index contributed by atoms with van der Waals surface area (Å²) in [6.45, 7) is 4.81. The first-order chi connectivity index (χ1) is 18.4. The lowest BCUT2D eigenvalue weighted by atomic mass is 9.67. The maximum Gasteiger partial charge on any atom is 0.143 e. The van der Waals surface area contributed by atoms with E-state index in [1.54, 1.807) is 7.11 Å². The summed E-state index contributed by atoms with van der Waals surface area (Å²) in [6, 6.07) is 13.1. The van der Waals surface area contributed by atoms with Crippen LogP contribution in [0.1, 0.15) is 42.0 Å². The van der Waals surface area contributed by atoms with Gasteiger partial charge in [0.25, 0.3) is 0 Å². The van der Waals surface area contributed by atoms with E-state index in [1.807, 2.05) is 36.1 Å². The van der Waals surface area contributed by atoms with Gasteiger partial charge in [0, 0.05) is 30.1 Å². The Morgan fingerprint density at radius 2 is 2.00 bits per heavy atom. The third-order valence-corrected chi connectivity index (χ3v) is 9.32. The van der Waals surface area contributed by atoms with Gasteiger partial charge in [-0.1, -0.05) is 18.2 Å². The topological polar surface area (TPSA) is 72.1 Å². The Kier molecular flexibility index (Phi) is 5.26. The number of imidazole rings is 1. The number of amidine groups is 1. The van der Waals surface area contributed by atoms with Crippen LogP contribution in [0.25, 0.3) is 5.69 Å². The molecule has 4 heterocycles. The number of aliphatic imine (C=N–C) groups is 1. The highest BCUT2D eigenvalue weighted by Gasteiger charge is 2.69. The molecule has 1 aliphatic carbocycles. The highest BCUT2D eigenvalue weighted by atomic mass is 19.1. The molecular weight excluding hydrogens is 483 g/mol. The van der Waals surface area contributed by atoms with Crippen molar-refractivity contribution in [2.75, 3.05) is 40.0 Å². The molecule has 3 atom stereocenters. The zero-order valence-electron chi connectivity index (χ0n) is 21.9. The lowest BCUT2D eigenvalue weighted by molar-refractivity contribution is -0.153. The maximum absolute atomic E-state index is 13.8. The van der Waals surface area contributed by atoms with Crippen LogP contribution in [0.5, 0.6) is 5.75 Å². The number of ether oxygens (including phenoxy) is 2. The van der Waals surface area contributed by atoms with Gasteiger partial charge in [-0.25, -0.2) is 9.37 Å². The van der Waals surface area contributed by atoms with Gasteiger partial charge in [0.1, 0.15) is 17.4 Å². The van der Waals surface area contributed by atoms with Crippen molar-refractivity contribution >= 4 is 5.84 Å². The van der Waals surface area contributed by atoms with Crippen LogP contribution in [-0.2, 0) is 10.3 Å². The van der Waals surface area contributed by atoms with Gasteiger partial charge < -0.3 is 24.0 Å². The Hall–Kier alpha value is -3.23. The number of aryl methyl sites for hydroxylation is 1. The molecule has 7 nitrogen and oxygen atoms in total. The van der Waals surface area contributed by atoms with Crippen LogP contribution >= 0.6 is 0 Å². The first kappa shape index (κ1) is 23.9. The van der Waals surface area contributed by atoms with E-state index in [2.05, 4.69) is 28.1 Å². The van der Waals surface area contributed by atoms with Crippen molar-refractivity contribution in [2.24, 2.45) is 15.8 Å². The zero-order chi connectivity index (χ0) is 26.1. The van der Waals surface area contributed by atoms with Crippen molar-refractivity contribution in [3.05, 3.63) is 77.6 Å². The van der Waals surface area contributed by atoms with Gasteiger partial charge in [-0.15, -0.1) is 0 Å². The van der Waals surface area contributed by atoms with Crippen molar-refractivity contribution < 1.29 is 19.0 Å². The second kappa shape index (κ2) is 8.38. The number of aromatic nitrogens is 2. The second-order valence-corrected chi connectivity index (χ2v) is 11.7. The highest BCUT2D eigenvalue weighted by Crippen LogP contribution is 2.69. The van der Waals surface area contributed by atoms with Crippen molar-refractivity contribution in [3.8, 4) is 11.4 Å². The molecule has 3 aromatic rings. The Bertz CT molecular complexity index is 1420. The Balaban J connectivity index is 1.28. The first-order valence-corrected chi connectivity index (χ1v) is 13.4. The standard InChI is InChI=1S/C30H33FN4O3/c1-20-13-34(19-33-20)25-8-3-21(11-26(25)37-2)24-12-29(24)14-28(17-38-18-28)15-35-27(29)32-10-9-30(35,16-36)22-4-6-23(31)7-5-22/h3-8,11,13,19,24,36H,9-10,12,14-18H2,1-2H3. The Morgan fingerprint density at radius 1 is 1.18 bits per heavy atom. The summed E-state index contributed by atoms with van der Waals surface area (Å²) >= 11 is 0. The number of aliphatic hydroxyl groups excluding tert-OH is 1. The molecule has 7 rings (SSSR count). The van der Waals surface area contributed by atoms with Crippen molar-refractivity contribution in [1.82, 2.24) is 14.5 Å². The number of aliphatic hydroxyl groups is 1. The minimum atomic E-state index is -0.616. The Morgan fingerprint density at radius 3 is 2.66 bits per heavy atom. The molecule has 2 spiro atoms. The van der Waals surface area contributed by atoms with Crippen molar-refractivity contribution in [1.29, 1.82) is 0 Å². The fraction of sp³-hybridized carbons (Fsp3) is 0.467. The maximum atomic E-state index is 13.8. The largest absolute Gasteiger partial charge is 0.495 e. The zero-order valence-corrected chi connectivity index (χ0v) is 21.9. The van der Waals surface area contributed by atoms with Gasteiger partial charge in [-0.2, -0.15) is 0 Å². The quantitative estimate of drug-likeness (QED) is 0.550. The second-order valence-electron chi connectivity index (χ2n) is 11.7. The van der Waals surface area contributed by atoms with E-state index in [9.17, 15) is 9.50 Å². The molecular formula is C30H33FN4O3. The molecule has 1 aromatic heterocycles. The summed E-state index contributed by atoms with van der Waals surface area (Å²) in [5.74, 6) is 1.95. The van der Waals surface area contributed by atoms with Gasteiger partial charge in [0.2, 0.25) is 0 Å². The minimum Gasteiger partial charge on any atom is -0.495 e. The molecule has 8 heteroatoms. The number of fused-ring (bicyclic) bond motifs is 2. The molecule has 2 aromatic carbocycles. The normalized spacial score (nSPS) is 29.1. The fourth-order valence-electron chi connectivity index (χ4n) is 7.32. The molecule has 3 unspecified atom stereocenters. The number of methoxy groups -OCH3 is 1. The van der Waals surface area contributed by atoms with Crippen LogP contribution in [0.4, 0.5) is 4.39 Å². The first-order valence-electron chi connectivity index (χ1n) is 13.4. The number of rotatable bonds is 5. The van der Waals surface area contributed by atoms with E-state index in [1.165, 1.54) is 17.7 Å².